The number of aromatic nitrogens is 1. The Morgan fingerprint density at radius 1 is 1.50 bits per heavy atom. The van der Waals surface area contributed by atoms with Gasteiger partial charge in [0.05, 0.1) is 19.1 Å². The standard InChI is InChI=1S/C10H9ClN2O3/c1-13-8(15)4-7(14)5-3-6(11)10(16-2)12-9(5)13/h3H,4H2,1-2H3. The summed E-state index contributed by atoms with van der Waals surface area (Å²) in [4.78, 5) is 28.4. The summed E-state index contributed by atoms with van der Waals surface area (Å²) in [6, 6.07) is 1.48. The Balaban J connectivity index is 2.63. The minimum absolute atomic E-state index is 0.145. The molecule has 0 saturated carbocycles. The quantitative estimate of drug-likeness (QED) is 0.694. The molecule has 1 aromatic heterocycles. The van der Waals surface area contributed by atoms with Crippen LogP contribution in [0.1, 0.15) is 16.8 Å². The minimum atomic E-state index is -0.283. The van der Waals surface area contributed by atoms with E-state index in [2.05, 4.69) is 4.98 Å². The maximum Gasteiger partial charge on any atom is 0.235 e. The summed E-state index contributed by atoms with van der Waals surface area (Å²) >= 11 is 5.87. The predicted octanol–water partition coefficient (Wildman–Crippen LogP) is 1.29. The zero-order valence-electron chi connectivity index (χ0n) is 8.78. The van der Waals surface area contributed by atoms with Crippen LogP contribution in [0.25, 0.3) is 0 Å². The van der Waals surface area contributed by atoms with Crippen LogP contribution >= 0.6 is 11.6 Å². The van der Waals surface area contributed by atoms with E-state index in [4.69, 9.17) is 16.3 Å². The van der Waals surface area contributed by atoms with Crippen LogP contribution in [0, 0.1) is 0 Å². The largest absolute Gasteiger partial charge is 0.480 e. The van der Waals surface area contributed by atoms with Crippen LogP contribution in [0.2, 0.25) is 5.02 Å². The van der Waals surface area contributed by atoms with E-state index in [1.54, 1.807) is 7.05 Å². The van der Waals surface area contributed by atoms with Crippen LogP contribution in [0.5, 0.6) is 5.88 Å². The summed E-state index contributed by atoms with van der Waals surface area (Å²) in [6.07, 6.45) is -0.145. The van der Waals surface area contributed by atoms with Gasteiger partial charge in [0.25, 0.3) is 0 Å². The van der Waals surface area contributed by atoms with Crippen LogP contribution in [0.3, 0.4) is 0 Å². The number of hydrogen-bond acceptors (Lipinski definition) is 4. The van der Waals surface area contributed by atoms with Crippen molar-refractivity contribution in [3.8, 4) is 5.88 Å². The number of hydrogen-bond donors (Lipinski definition) is 0. The summed E-state index contributed by atoms with van der Waals surface area (Å²) in [5.41, 5.74) is 0.355. The molecular weight excluding hydrogens is 232 g/mol. The lowest BCUT2D eigenvalue weighted by atomic mass is 10.0. The van der Waals surface area contributed by atoms with Crippen molar-refractivity contribution in [3.63, 3.8) is 0 Å². The Kier molecular flexibility index (Phi) is 2.55. The van der Waals surface area contributed by atoms with Crippen molar-refractivity contribution in [2.75, 3.05) is 19.1 Å². The minimum Gasteiger partial charge on any atom is -0.480 e. The smallest absolute Gasteiger partial charge is 0.235 e. The third-order valence-corrected chi connectivity index (χ3v) is 2.69. The highest BCUT2D eigenvalue weighted by atomic mass is 35.5. The number of rotatable bonds is 1. The number of halogens is 1. The third-order valence-electron chi connectivity index (χ3n) is 2.42. The van der Waals surface area contributed by atoms with E-state index in [0.717, 1.165) is 0 Å². The van der Waals surface area contributed by atoms with Gasteiger partial charge in [0.15, 0.2) is 5.78 Å². The van der Waals surface area contributed by atoms with Crippen molar-refractivity contribution >= 4 is 29.1 Å². The number of amides is 1. The molecule has 0 fully saturated rings. The van der Waals surface area contributed by atoms with Crippen molar-refractivity contribution in [2.45, 2.75) is 6.42 Å². The molecule has 6 heteroatoms. The molecule has 2 rings (SSSR count). The lowest BCUT2D eigenvalue weighted by Gasteiger charge is -2.24. The molecule has 0 spiro atoms. The van der Waals surface area contributed by atoms with Crippen LogP contribution in [0.4, 0.5) is 5.82 Å². The number of Topliss-reactive ketones (excluding diaryl/α,β-unsaturated/α-hetero) is 1. The van der Waals surface area contributed by atoms with E-state index >= 15 is 0 Å². The van der Waals surface area contributed by atoms with Crippen LogP contribution in [-0.2, 0) is 4.79 Å². The summed E-state index contributed by atoms with van der Waals surface area (Å²) in [5, 5.41) is 0.261. The van der Waals surface area contributed by atoms with Gasteiger partial charge in [0.1, 0.15) is 10.8 Å². The molecule has 1 aromatic rings. The number of pyridine rings is 1. The highest BCUT2D eigenvalue weighted by Crippen LogP contribution is 2.32. The van der Waals surface area contributed by atoms with Gasteiger partial charge in [-0.2, -0.15) is 4.98 Å². The number of ether oxygens (including phenoxy) is 1. The number of carbonyl (C=O) groups is 2. The van der Waals surface area contributed by atoms with Crippen molar-refractivity contribution < 1.29 is 14.3 Å². The second-order valence-corrected chi connectivity index (χ2v) is 3.81. The maximum absolute atomic E-state index is 11.6. The van der Waals surface area contributed by atoms with E-state index in [1.807, 2.05) is 0 Å². The molecule has 0 bridgehead atoms. The van der Waals surface area contributed by atoms with Gasteiger partial charge in [-0.25, -0.2) is 0 Å². The van der Waals surface area contributed by atoms with E-state index in [9.17, 15) is 9.59 Å². The first-order chi connectivity index (χ1) is 7.54. The Hall–Kier alpha value is -1.62. The van der Waals surface area contributed by atoms with Crippen molar-refractivity contribution in [2.24, 2.45) is 0 Å². The summed E-state index contributed by atoms with van der Waals surface area (Å²) in [7, 11) is 2.99. The topological polar surface area (TPSA) is 59.5 Å². The molecule has 84 valence electrons. The first-order valence-electron chi connectivity index (χ1n) is 4.59. The molecule has 1 amide bonds. The number of anilines is 1. The summed E-state index contributed by atoms with van der Waals surface area (Å²) < 4.78 is 4.94. The predicted molar refractivity (Wildman–Crippen MR) is 58.2 cm³/mol. The highest BCUT2D eigenvalue weighted by molar-refractivity contribution is 6.32. The average molecular weight is 241 g/mol. The van der Waals surface area contributed by atoms with Crippen molar-refractivity contribution in [3.05, 3.63) is 16.7 Å². The molecule has 0 unspecified atom stereocenters. The molecule has 16 heavy (non-hydrogen) atoms. The second-order valence-electron chi connectivity index (χ2n) is 3.40. The van der Waals surface area contributed by atoms with E-state index in [1.165, 1.54) is 18.1 Å². The molecule has 0 radical (unpaired) electrons. The molecule has 1 aliphatic heterocycles. The van der Waals surface area contributed by atoms with Crippen LogP contribution < -0.4 is 9.64 Å². The van der Waals surface area contributed by atoms with E-state index in [0.29, 0.717) is 11.4 Å². The first kappa shape index (κ1) is 10.9. The lowest BCUT2D eigenvalue weighted by Crippen LogP contribution is -2.35. The number of fused-ring (bicyclic) bond motifs is 1. The molecule has 1 aliphatic rings. The zero-order valence-corrected chi connectivity index (χ0v) is 9.54. The highest BCUT2D eigenvalue weighted by Gasteiger charge is 2.30. The van der Waals surface area contributed by atoms with Gasteiger partial charge in [0.2, 0.25) is 11.8 Å². The third kappa shape index (κ3) is 1.53. The fraction of sp³-hybridized carbons (Fsp3) is 0.300. The van der Waals surface area contributed by atoms with Gasteiger partial charge in [-0.1, -0.05) is 11.6 Å². The number of nitrogens with zero attached hydrogens (tertiary/aromatic N) is 2. The number of ketones is 1. The molecular formula is C10H9ClN2O3. The van der Waals surface area contributed by atoms with Crippen LogP contribution in [-0.4, -0.2) is 30.8 Å². The SMILES string of the molecule is COc1nc2c(cc1Cl)C(=O)CC(=O)N2C. The Morgan fingerprint density at radius 3 is 2.81 bits per heavy atom. The summed E-state index contributed by atoms with van der Waals surface area (Å²) in [5.74, 6) is -0.0539. The average Bonchev–Trinajstić information content (AvgIpc) is 2.25. The molecule has 0 saturated heterocycles. The Bertz CT molecular complexity index is 487. The van der Waals surface area contributed by atoms with Crippen molar-refractivity contribution in [1.82, 2.24) is 4.98 Å². The van der Waals surface area contributed by atoms with E-state index < -0.39 is 0 Å². The number of methoxy groups -OCH3 is 1. The molecule has 0 aliphatic carbocycles. The van der Waals surface area contributed by atoms with Gasteiger partial charge >= 0.3 is 0 Å². The van der Waals surface area contributed by atoms with Gasteiger partial charge in [-0.05, 0) is 6.07 Å². The molecule has 0 aromatic carbocycles. The van der Waals surface area contributed by atoms with E-state index in [-0.39, 0.29) is 29.0 Å². The number of carbonyl (C=O) groups excluding carboxylic acids is 2. The zero-order chi connectivity index (χ0) is 11.9. The molecule has 5 nitrogen and oxygen atoms in total. The maximum atomic E-state index is 11.6. The summed E-state index contributed by atoms with van der Waals surface area (Å²) in [6.45, 7) is 0. The molecule has 0 atom stereocenters. The van der Waals surface area contributed by atoms with Gasteiger partial charge in [-0.3, -0.25) is 14.5 Å². The lowest BCUT2D eigenvalue weighted by molar-refractivity contribution is -0.117. The Morgan fingerprint density at radius 2 is 2.19 bits per heavy atom. The monoisotopic (exact) mass is 240 g/mol. The van der Waals surface area contributed by atoms with Gasteiger partial charge in [0, 0.05) is 7.05 Å². The fourth-order valence-electron chi connectivity index (χ4n) is 1.54. The van der Waals surface area contributed by atoms with Gasteiger partial charge < -0.3 is 4.74 Å². The first-order valence-corrected chi connectivity index (χ1v) is 4.96. The molecule has 2 heterocycles. The normalized spacial score (nSPS) is 15.1. The van der Waals surface area contributed by atoms with Crippen LogP contribution in [0.15, 0.2) is 6.07 Å². The van der Waals surface area contributed by atoms with Gasteiger partial charge in [-0.15, -0.1) is 0 Å². The second kappa shape index (κ2) is 3.75. The molecule has 0 N–H and O–H groups in total. The van der Waals surface area contributed by atoms with Crippen molar-refractivity contribution in [1.29, 1.82) is 0 Å². The fourth-order valence-corrected chi connectivity index (χ4v) is 1.76. The Labute approximate surface area is 97.0 Å².